The van der Waals surface area contributed by atoms with Gasteiger partial charge in [0.25, 0.3) is 0 Å². The van der Waals surface area contributed by atoms with Crippen LogP contribution in [0.4, 0.5) is 0 Å². The molecule has 0 bridgehead atoms. The van der Waals surface area contributed by atoms with Crippen molar-refractivity contribution >= 4 is 16.7 Å². The van der Waals surface area contributed by atoms with Gasteiger partial charge in [-0.2, -0.15) is 0 Å². The van der Waals surface area contributed by atoms with Gasteiger partial charge in [0.15, 0.2) is 5.78 Å². The Morgan fingerprint density at radius 2 is 1.96 bits per heavy atom. The first-order chi connectivity index (χ1) is 11.3. The molecule has 2 heterocycles. The number of aromatic amines is 1. The lowest BCUT2D eigenvalue weighted by atomic mass is 9.75. The second-order valence-corrected chi connectivity index (χ2v) is 6.48. The van der Waals surface area contributed by atoms with Crippen LogP contribution in [-0.2, 0) is 6.42 Å². The third-order valence-electron chi connectivity index (χ3n) is 4.93. The quantitative estimate of drug-likeness (QED) is 0.724. The highest BCUT2D eigenvalue weighted by atomic mass is 16.1. The molecule has 116 valence electrons. The van der Waals surface area contributed by atoms with Crippen LogP contribution < -0.4 is 5.32 Å². The molecule has 4 rings (SSSR count). The van der Waals surface area contributed by atoms with Crippen molar-refractivity contribution in [2.45, 2.75) is 12.8 Å². The van der Waals surface area contributed by atoms with Crippen molar-refractivity contribution in [1.29, 1.82) is 0 Å². The average molecular weight is 304 g/mol. The molecular weight excluding hydrogens is 284 g/mol. The van der Waals surface area contributed by atoms with Crippen LogP contribution in [0.3, 0.4) is 0 Å². The fourth-order valence-electron chi connectivity index (χ4n) is 3.65. The van der Waals surface area contributed by atoms with Gasteiger partial charge in [0, 0.05) is 23.8 Å². The van der Waals surface area contributed by atoms with Crippen molar-refractivity contribution < 1.29 is 4.79 Å². The Morgan fingerprint density at radius 3 is 2.74 bits per heavy atom. The molecule has 3 aromatic rings. The number of benzene rings is 2. The zero-order chi connectivity index (χ0) is 15.7. The van der Waals surface area contributed by atoms with Gasteiger partial charge in [-0.3, -0.25) is 4.79 Å². The van der Waals surface area contributed by atoms with E-state index in [1.165, 1.54) is 5.56 Å². The predicted octanol–water partition coefficient (Wildman–Crippen LogP) is 3.57. The van der Waals surface area contributed by atoms with Crippen LogP contribution in [0.15, 0.2) is 60.8 Å². The second kappa shape index (κ2) is 5.67. The number of carbonyl (C=O) groups excluding carboxylic acids is 1. The summed E-state index contributed by atoms with van der Waals surface area (Å²) in [5.41, 5.74) is 2.73. The van der Waals surface area contributed by atoms with Crippen LogP contribution in [-0.4, -0.2) is 23.9 Å². The molecule has 1 aliphatic rings. The number of H-pyrrole nitrogens is 1. The number of nitrogens with one attached hydrogen (secondary N) is 2. The van der Waals surface area contributed by atoms with E-state index in [1.807, 2.05) is 48.7 Å². The van der Waals surface area contributed by atoms with Gasteiger partial charge < -0.3 is 10.3 Å². The molecule has 1 fully saturated rings. The van der Waals surface area contributed by atoms with E-state index in [1.54, 1.807) is 0 Å². The van der Waals surface area contributed by atoms with Gasteiger partial charge in [-0.15, -0.1) is 0 Å². The number of hydrogen-bond acceptors (Lipinski definition) is 2. The van der Waals surface area contributed by atoms with Gasteiger partial charge in [0.2, 0.25) is 0 Å². The first-order valence-corrected chi connectivity index (χ1v) is 8.13. The summed E-state index contributed by atoms with van der Waals surface area (Å²) >= 11 is 0. The summed E-state index contributed by atoms with van der Waals surface area (Å²) in [4.78, 5) is 16.5. The number of hydrogen-bond donors (Lipinski definition) is 2. The van der Waals surface area contributed by atoms with E-state index in [0.29, 0.717) is 0 Å². The van der Waals surface area contributed by atoms with Crippen LogP contribution in [0, 0.1) is 5.41 Å². The Balaban J connectivity index is 1.70. The third kappa shape index (κ3) is 2.57. The topological polar surface area (TPSA) is 44.9 Å². The number of rotatable bonds is 4. The molecule has 0 saturated carbocycles. The maximum atomic E-state index is 13.3. The molecule has 3 nitrogen and oxygen atoms in total. The smallest absolute Gasteiger partial charge is 0.170 e. The van der Waals surface area contributed by atoms with Crippen molar-refractivity contribution in [2.24, 2.45) is 5.41 Å². The van der Waals surface area contributed by atoms with Gasteiger partial charge in [0.05, 0.1) is 5.41 Å². The third-order valence-corrected chi connectivity index (χ3v) is 4.93. The minimum atomic E-state index is -0.332. The van der Waals surface area contributed by atoms with Crippen molar-refractivity contribution in [1.82, 2.24) is 10.3 Å². The first kappa shape index (κ1) is 14.2. The highest BCUT2D eigenvalue weighted by Crippen LogP contribution is 2.34. The molecular formula is C20H20N2O. The van der Waals surface area contributed by atoms with E-state index in [9.17, 15) is 4.79 Å². The molecule has 0 spiro atoms. The highest BCUT2D eigenvalue weighted by molar-refractivity contribution is 6.03. The molecule has 2 N–H and O–H groups in total. The van der Waals surface area contributed by atoms with Gasteiger partial charge >= 0.3 is 0 Å². The average Bonchev–Trinajstić information content (AvgIpc) is 3.24. The molecule has 3 heteroatoms. The van der Waals surface area contributed by atoms with E-state index < -0.39 is 0 Å². The minimum Gasteiger partial charge on any atom is -0.361 e. The lowest BCUT2D eigenvalue weighted by molar-refractivity contribution is 0.0816. The summed E-state index contributed by atoms with van der Waals surface area (Å²) in [6.07, 6.45) is 3.60. The number of aromatic nitrogens is 1. The van der Waals surface area contributed by atoms with Crippen molar-refractivity contribution in [3.05, 3.63) is 71.9 Å². The SMILES string of the molecule is O=C(c1ccc2cc[nH]c2c1)C1(Cc2ccccc2)CCNC1. The fourth-order valence-corrected chi connectivity index (χ4v) is 3.65. The summed E-state index contributed by atoms with van der Waals surface area (Å²) in [6.45, 7) is 1.66. The van der Waals surface area contributed by atoms with E-state index in [0.717, 1.165) is 42.4 Å². The van der Waals surface area contributed by atoms with Crippen LogP contribution in [0.2, 0.25) is 0 Å². The lowest BCUT2D eigenvalue weighted by Crippen LogP contribution is -2.35. The normalized spacial score (nSPS) is 20.9. The molecule has 2 aromatic carbocycles. The molecule has 1 unspecified atom stereocenters. The summed E-state index contributed by atoms with van der Waals surface area (Å²) in [7, 11) is 0. The summed E-state index contributed by atoms with van der Waals surface area (Å²) in [5.74, 6) is 0.253. The van der Waals surface area contributed by atoms with E-state index >= 15 is 0 Å². The van der Waals surface area contributed by atoms with Crippen molar-refractivity contribution in [3.8, 4) is 0 Å². The number of Topliss-reactive ketones (excluding diaryl/α,β-unsaturated/α-hetero) is 1. The summed E-state index contributed by atoms with van der Waals surface area (Å²) in [6, 6.07) is 18.3. The molecule has 1 atom stereocenters. The number of ketones is 1. The van der Waals surface area contributed by atoms with Crippen LogP contribution in [0.25, 0.3) is 10.9 Å². The molecule has 1 aromatic heterocycles. The van der Waals surface area contributed by atoms with Gasteiger partial charge in [-0.1, -0.05) is 42.5 Å². The summed E-state index contributed by atoms with van der Waals surface area (Å²) < 4.78 is 0. The van der Waals surface area contributed by atoms with Gasteiger partial charge in [-0.25, -0.2) is 0 Å². The zero-order valence-electron chi connectivity index (χ0n) is 13.0. The minimum absolute atomic E-state index is 0.253. The van der Waals surface area contributed by atoms with Crippen LogP contribution in [0.5, 0.6) is 0 Å². The Labute approximate surface area is 135 Å². The first-order valence-electron chi connectivity index (χ1n) is 8.13. The Morgan fingerprint density at radius 1 is 1.09 bits per heavy atom. The van der Waals surface area contributed by atoms with Crippen molar-refractivity contribution in [3.63, 3.8) is 0 Å². The second-order valence-electron chi connectivity index (χ2n) is 6.48. The lowest BCUT2D eigenvalue weighted by Gasteiger charge is -2.27. The van der Waals surface area contributed by atoms with Crippen molar-refractivity contribution in [2.75, 3.05) is 13.1 Å². The molecule has 0 amide bonds. The van der Waals surface area contributed by atoms with Gasteiger partial charge in [-0.05, 0) is 42.5 Å². The molecule has 0 aliphatic carbocycles. The van der Waals surface area contributed by atoms with Crippen LogP contribution in [0.1, 0.15) is 22.3 Å². The molecule has 0 radical (unpaired) electrons. The van der Waals surface area contributed by atoms with Gasteiger partial charge in [0.1, 0.15) is 0 Å². The Kier molecular flexibility index (Phi) is 3.50. The number of carbonyl (C=O) groups is 1. The van der Waals surface area contributed by atoms with E-state index in [-0.39, 0.29) is 11.2 Å². The monoisotopic (exact) mass is 304 g/mol. The fraction of sp³-hybridized carbons (Fsp3) is 0.250. The molecule has 1 saturated heterocycles. The van der Waals surface area contributed by atoms with E-state index in [2.05, 4.69) is 22.4 Å². The molecule has 23 heavy (non-hydrogen) atoms. The zero-order valence-corrected chi connectivity index (χ0v) is 13.0. The Bertz CT molecular complexity index is 829. The maximum Gasteiger partial charge on any atom is 0.170 e. The maximum absolute atomic E-state index is 13.3. The van der Waals surface area contributed by atoms with E-state index in [4.69, 9.17) is 0 Å². The standard InChI is InChI=1S/C20H20N2O/c23-19(17-7-6-16-8-10-22-18(16)12-17)20(9-11-21-14-20)13-15-4-2-1-3-5-15/h1-8,10,12,21-22H,9,11,13-14H2. The van der Waals surface area contributed by atoms with Crippen LogP contribution >= 0.6 is 0 Å². The highest BCUT2D eigenvalue weighted by Gasteiger charge is 2.41. The largest absolute Gasteiger partial charge is 0.361 e. The summed E-state index contributed by atoms with van der Waals surface area (Å²) in [5, 5.41) is 4.53. The molecule has 1 aliphatic heterocycles. The predicted molar refractivity (Wildman–Crippen MR) is 92.7 cm³/mol. The Hall–Kier alpha value is -2.39. The number of fused-ring (bicyclic) bond motifs is 1.